The number of carboxylic acids is 1. The molecule has 3 rings (SSSR count). The summed E-state index contributed by atoms with van der Waals surface area (Å²) in [7, 11) is 0. The van der Waals surface area contributed by atoms with Crippen molar-refractivity contribution in [2.75, 3.05) is 0 Å². The van der Waals surface area contributed by atoms with Crippen LogP contribution in [-0.4, -0.2) is 29.1 Å². The van der Waals surface area contributed by atoms with Crippen molar-refractivity contribution >= 4 is 11.8 Å². The summed E-state index contributed by atoms with van der Waals surface area (Å²) in [5.41, 5.74) is 1.04. The number of hydrogen-bond donors (Lipinski definition) is 1. The predicted octanol–water partition coefficient (Wildman–Crippen LogP) is 4.91. The fraction of sp³-hybridized carbons (Fsp3) is 0.500. The molecule has 4 heteroatoms. The largest absolute Gasteiger partial charge is 0.481 e. The van der Waals surface area contributed by atoms with E-state index in [2.05, 4.69) is 18.2 Å². The molecule has 2 aliphatic heterocycles. The van der Waals surface area contributed by atoms with Crippen LogP contribution in [0.25, 0.3) is 0 Å². The standard InChI is InChI=1S/C24H30O4/c1-17(18-9-5-4-6-10-18)21(25)14-13-20-19(22-15-16-23(20)28-22)11-7-2-3-8-12-24(26)27/h2,4-7,9-10,13-14,17,19-20,22-23H,3,8,11-12,15-16H2,1H3,(H,26,27)/b7-2-,14-13+/t17?,19-,20+,22-,23+/m1/s1. The van der Waals surface area contributed by atoms with Gasteiger partial charge in [0.15, 0.2) is 5.78 Å². The molecule has 4 nitrogen and oxygen atoms in total. The lowest BCUT2D eigenvalue weighted by Gasteiger charge is -2.24. The Bertz CT molecular complexity index is 721. The highest BCUT2D eigenvalue weighted by atomic mass is 16.5. The molecule has 2 aliphatic rings. The van der Waals surface area contributed by atoms with Crippen molar-refractivity contribution in [2.45, 2.75) is 63.6 Å². The zero-order chi connectivity index (χ0) is 19.9. The van der Waals surface area contributed by atoms with Gasteiger partial charge in [0.05, 0.1) is 12.2 Å². The van der Waals surface area contributed by atoms with Crippen LogP contribution >= 0.6 is 0 Å². The first-order valence-electron chi connectivity index (χ1n) is 10.4. The number of ether oxygens (including phenoxy) is 1. The van der Waals surface area contributed by atoms with Crippen molar-refractivity contribution in [1.82, 2.24) is 0 Å². The lowest BCUT2D eigenvalue weighted by atomic mass is 9.77. The Labute approximate surface area is 167 Å². The molecule has 0 radical (unpaired) electrons. The molecule has 150 valence electrons. The Morgan fingerprint density at radius 3 is 2.68 bits per heavy atom. The number of ketones is 1. The molecule has 5 atom stereocenters. The number of rotatable bonds is 10. The smallest absolute Gasteiger partial charge is 0.303 e. The second kappa shape index (κ2) is 9.83. The van der Waals surface area contributed by atoms with E-state index in [-0.39, 0.29) is 36.2 Å². The second-order valence-electron chi connectivity index (χ2n) is 7.92. The lowest BCUT2D eigenvalue weighted by molar-refractivity contribution is -0.137. The molecule has 1 N–H and O–H groups in total. The zero-order valence-electron chi connectivity index (χ0n) is 16.5. The van der Waals surface area contributed by atoms with Crippen molar-refractivity contribution in [3.63, 3.8) is 0 Å². The molecule has 0 aliphatic carbocycles. The van der Waals surface area contributed by atoms with E-state index in [1.165, 1.54) is 0 Å². The van der Waals surface area contributed by atoms with Gasteiger partial charge in [-0.1, -0.05) is 55.5 Å². The summed E-state index contributed by atoms with van der Waals surface area (Å²) in [5.74, 6) is -0.0455. The molecule has 1 aromatic rings. The minimum atomic E-state index is -0.741. The monoisotopic (exact) mass is 382 g/mol. The van der Waals surface area contributed by atoms with Crippen molar-refractivity contribution in [3.05, 3.63) is 60.2 Å². The quantitative estimate of drug-likeness (QED) is 0.355. The van der Waals surface area contributed by atoms with Crippen molar-refractivity contribution in [2.24, 2.45) is 11.8 Å². The van der Waals surface area contributed by atoms with Crippen molar-refractivity contribution in [1.29, 1.82) is 0 Å². The highest BCUT2D eigenvalue weighted by Gasteiger charge is 2.46. The molecule has 28 heavy (non-hydrogen) atoms. The summed E-state index contributed by atoms with van der Waals surface area (Å²) < 4.78 is 6.11. The minimum absolute atomic E-state index is 0.135. The van der Waals surface area contributed by atoms with Crippen LogP contribution in [0.4, 0.5) is 0 Å². The van der Waals surface area contributed by atoms with E-state index in [1.54, 1.807) is 6.08 Å². The fourth-order valence-electron chi connectivity index (χ4n) is 4.39. The maximum atomic E-state index is 12.6. The van der Waals surface area contributed by atoms with Crippen molar-refractivity contribution < 1.29 is 19.4 Å². The summed E-state index contributed by atoms with van der Waals surface area (Å²) in [6.45, 7) is 1.96. The van der Waals surface area contributed by atoms with Crippen LogP contribution in [0.2, 0.25) is 0 Å². The van der Waals surface area contributed by atoms with Crippen LogP contribution in [-0.2, 0) is 14.3 Å². The summed E-state index contributed by atoms with van der Waals surface area (Å²) >= 11 is 0. The van der Waals surface area contributed by atoms with Crippen LogP contribution in [0.1, 0.15) is 56.9 Å². The molecule has 0 saturated carbocycles. The van der Waals surface area contributed by atoms with Gasteiger partial charge in [0, 0.05) is 18.3 Å². The van der Waals surface area contributed by atoms with Gasteiger partial charge in [-0.05, 0) is 49.7 Å². The molecule has 0 spiro atoms. The maximum Gasteiger partial charge on any atom is 0.303 e. The number of carboxylic acid groups (broad SMARTS) is 1. The average Bonchev–Trinajstić information content (AvgIpc) is 3.30. The summed E-state index contributed by atoms with van der Waals surface area (Å²) in [6.07, 6.45) is 13.4. The predicted molar refractivity (Wildman–Crippen MR) is 109 cm³/mol. The average molecular weight is 383 g/mol. The van der Waals surface area contributed by atoms with E-state index in [9.17, 15) is 9.59 Å². The zero-order valence-corrected chi connectivity index (χ0v) is 16.5. The van der Waals surface area contributed by atoms with Crippen LogP contribution < -0.4 is 0 Å². The molecular weight excluding hydrogens is 352 g/mol. The maximum absolute atomic E-state index is 12.6. The SMILES string of the molecule is CC(C(=O)/C=C/[C@H]1[C@@H](C/C=C\CCCC(=O)O)[C@H]2CC[C@@H]1O2)c1ccccc1. The van der Waals surface area contributed by atoms with Crippen LogP contribution in [0.5, 0.6) is 0 Å². The molecule has 0 amide bonds. The number of benzene rings is 1. The Morgan fingerprint density at radius 1 is 1.18 bits per heavy atom. The van der Waals surface area contributed by atoms with Crippen LogP contribution in [0.3, 0.4) is 0 Å². The number of unbranched alkanes of at least 4 members (excludes halogenated alkanes) is 1. The third kappa shape index (κ3) is 5.20. The number of carbonyl (C=O) groups excluding carboxylic acids is 1. The fourth-order valence-corrected chi connectivity index (χ4v) is 4.39. The topological polar surface area (TPSA) is 63.6 Å². The lowest BCUT2D eigenvalue weighted by Crippen LogP contribution is -2.25. The van der Waals surface area contributed by atoms with Gasteiger partial charge in [-0.15, -0.1) is 0 Å². The van der Waals surface area contributed by atoms with E-state index in [1.807, 2.05) is 37.3 Å². The molecule has 2 fully saturated rings. The van der Waals surface area contributed by atoms with E-state index in [0.29, 0.717) is 12.3 Å². The molecule has 2 saturated heterocycles. The Kier molecular flexibility index (Phi) is 7.21. The molecule has 2 bridgehead atoms. The second-order valence-corrected chi connectivity index (χ2v) is 7.92. The van der Waals surface area contributed by atoms with Gasteiger partial charge in [-0.3, -0.25) is 9.59 Å². The van der Waals surface area contributed by atoms with Crippen LogP contribution in [0, 0.1) is 11.8 Å². The molecule has 0 aromatic heterocycles. The first-order chi connectivity index (χ1) is 13.6. The van der Waals surface area contributed by atoms with Gasteiger partial charge in [0.2, 0.25) is 0 Å². The summed E-state index contributed by atoms with van der Waals surface area (Å²) in [5, 5.41) is 8.69. The first kappa shape index (κ1) is 20.5. The van der Waals surface area contributed by atoms with E-state index >= 15 is 0 Å². The summed E-state index contributed by atoms with van der Waals surface area (Å²) in [4.78, 5) is 23.2. The molecule has 2 heterocycles. The van der Waals surface area contributed by atoms with Gasteiger partial charge in [-0.2, -0.15) is 0 Å². The number of fused-ring (bicyclic) bond motifs is 2. The Balaban J connectivity index is 1.55. The van der Waals surface area contributed by atoms with Gasteiger partial charge in [0.1, 0.15) is 0 Å². The number of allylic oxidation sites excluding steroid dienone is 3. The number of carbonyl (C=O) groups is 2. The third-order valence-corrected chi connectivity index (χ3v) is 6.03. The van der Waals surface area contributed by atoms with Gasteiger partial charge in [0.25, 0.3) is 0 Å². The highest BCUT2D eigenvalue weighted by molar-refractivity contribution is 5.95. The van der Waals surface area contributed by atoms with Gasteiger partial charge >= 0.3 is 5.97 Å². The minimum Gasteiger partial charge on any atom is -0.481 e. The normalized spacial score (nSPS) is 27.6. The highest BCUT2D eigenvalue weighted by Crippen LogP contribution is 2.45. The van der Waals surface area contributed by atoms with E-state index in [4.69, 9.17) is 9.84 Å². The Hall–Kier alpha value is -2.20. The molecule has 1 aromatic carbocycles. The van der Waals surface area contributed by atoms with E-state index < -0.39 is 5.97 Å². The number of hydrogen-bond acceptors (Lipinski definition) is 3. The van der Waals surface area contributed by atoms with Crippen LogP contribution in [0.15, 0.2) is 54.6 Å². The third-order valence-electron chi connectivity index (χ3n) is 6.03. The summed E-state index contributed by atoms with van der Waals surface area (Å²) in [6, 6.07) is 9.88. The molecular formula is C24H30O4. The van der Waals surface area contributed by atoms with Gasteiger partial charge < -0.3 is 9.84 Å². The molecule has 1 unspecified atom stereocenters. The van der Waals surface area contributed by atoms with Gasteiger partial charge in [-0.25, -0.2) is 0 Å². The Morgan fingerprint density at radius 2 is 1.93 bits per heavy atom. The van der Waals surface area contributed by atoms with E-state index in [0.717, 1.165) is 31.2 Å². The van der Waals surface area contributed by atoms with Crippen molar-refractivity contribution in [3.8, 4) is 0 Å². The number of aliphatic carboxylic acids is 1. The first-order valence-corrected chi connectivity index (χ1v) is 10.4.